The van der Waals surface area contributed by atoms with Gasteiger partial charge in [0, 0.05) is 32.0 Å². The molecule has 3 rings (SSSR count). The summed E-state index contributed by atoms with van der Waals surface area (Å²) >= 11 is 0. The van der Waals surface area contributed by atoms with Gasteiger partial charge in [-0.3, -0.25) is 0 Å². The van der Waals surface area contributed by atoms with Gasteiger partial charge >= 0.3 is 0 Å². The molecule has 0 amide bonds. The summed E-state index contributed by atoms with van der Waals surface area (Å²) in [5.74, 6) is 1.73. The summed E-state index contributed by atoms with van der Waals surface area (Å²) in [5.41, 5.74) is 6.13. The molecule has 0 aliphatic carbocycles. The van der Waals surface area contributed by atoms with E-state index in [1.807, 2.05) is 0 Å². The lowest BCUT2D eigenvalue weighted by Gasteiger charge is -2.01. The summed E-state index contributed by atoms with van der Waals surface area (Å²) in [5, 5.41) is 3.93. The van der Waals surface area contributed by atoms with Crippen LogP contribution in [-0.4, -0.2) is 33.3 Å². The first-order valence-corrected chi connectivity index (χ1v) is 5.80. The van der Waals surface area contributed by atoms with Gasteiger partial charge < -0.3 is 15.0 Å². The van der Waals surface area contributed by atoms with Gasteiger partial charge in [0.1, 0.15) is 0 Å². The average Bonchev–Trinajstić information content (AvgIpc) is 3.02. The van der Waals surface area contributed by atoms with Gasteiger partial charge in [-0.15, -0.1) is 0 Å². The first-order valence-electron chi connectivity index (χ1n) is 5.80. The number of ether oxygens (including phenoxy) is 1. The first-order chi connectivity index (χ1) is 8.83. The first kappa shape index (κ1) is 11.1. The predicted molar refractivity (Wildman–Crippen MR) is 62.4 cm³/mol. The van der Waals surface area contributed by atoms with Crippen molar-refractivity contribution in [2.45, 2.75) is 12.8 Å². The number of anilines is 1. The summed E-state index contributed by atoms with van der Waals surface area (Å²) in [6.07, 6.45) is 4.85. The molecule has 1 fully saturated rings. The SMILES string of the molecule is Nc1nccnc1-c1nc(CC2CCOC2)no1. The van der Waals surface area contributed by atoms with Gasteiger partial charge in [0.15, 0.2) is 17.3 Å². The van der Waals surface area contributed by atoms with E-state index in [2.05, 4.69) is 20.1 Å². The van der Waals surface area contributed by atoms with Crippen LogP contribution >= 0.6 is 0 Å². The summed E-state index contributed by atoms with van der Waals surface area (Å²) < 4.78 is 10.5. The Morgan fingerprint density at radius 1 is 1.33 bits per heavy atom. The van der Waals surface area contributed by atoms with E-state index in [9.17, 15) is 0 Å². The Hall–Kier alpha value is -2.02. The Morgan fingerprint density at radius 2 is 2.22 bits per heavy atom. The Balaban J connectivity index is 1.79. The maximum absolute atomic E-state index is 5.70. The van der Waals surface area contributed by atoms with E-state index >= 15 is 0 Å². The molecule has 3 heterocycles. The summed E-state index contributed by atoms with van der Waals surface area (Å²) in [7, 11) is 0. The van der Waals surface area contributed by atoms with Crippen molar-refractivity contribution < 1.29 is 9.26 Å². The molecule has 0 spiro atoms. The van der Waals surface area contributed by atoms with Crippen LogP contribution in [0.25, 0.3) is 11.6 Å². The minimum absolute atomic E-state index is 0.289. The highest BCUT2D eigenvalue weighted by Crippen LogP contribution is 2.21. The summed E-state index contributed by atoms with van der Waals surface area (Å²) in [6, 6.07) is 0. The van der Waals surface area contributed by atoms with Crippen LogP contribution in [0.1, 0.15) is 12.2 Å². The van der Waals surface area contributed by atoms with Crippen molar-refractivity contribution in [2.75, 3.05) is 18.9 Å². The Morgan fingerprint density at radius 3 is 3.00 bits per heavy atom. The van der Waals surface area contributed by atoms with Crippen molar-refractivity contribution in [1.29, 1.82) is 0 Å². The van der Waals surface area contributed by atoms with Gasteiger partial charge in [0.25, 0.3) is 5.89 Å². The standard InChI is InChI=1S/C11H13N5O2/c12-10-9(13-2-3-14-10)11-15-8(16-18-11)5-7-1-4-17-6-7/h2-3,7H,1,4-6H2,(H2,12,14). The molecule has 0 bridgehead atoms. The third kappa shape index (κ3) is 2.17. The molecule has 7 heteroatoms. The fourth-order valence-electron chi connectivity index (χ4n) is 1.95. The Bertz CT molecular complexity index is 536. The molecule has 0 radical (unpaired) electrons. The van der Waals surface area contributed by atoms with Crippen molar-refractivity contribution in [3.63, 3.8) is 0 Å². The highest BCUT2D eigenvalue weighted by molar-refractivity contribution is 5.61. The number of hydrogen-bond acceptors (Lipinski definition) is 7. The molecule has 94 valence electrons. The van der Waals surface area contributed by atoms with Crippen molar-refractivity contribution >= 4 is 5.82 Å². The third-order valence-electron chi connectivity index (χ3n) is 2.89. The number of hydrogen-bond donors (Lipinski definition) is 1. The molecule has 2 aromatic heterocycles. The highest BCUT2D eigenvalue weighted by Gasteiger charge is 2.20. The normalized spacial score (nSPS) is 19.2. The molecule has 2 N–H and O–H groups in total. The van der Waals surface area contributed by atoms with Crippen LogP contribution in [0, 0.1) is 5.92 Å². The maximum Gasteiger partial charge on any atom is 0.280 e. The lowest BCUT2D eigenvalue weighted by molar-refractivity contribution is 0.185. The van der Waals surface area contributed by atoms with Crippen LogP contribution < -0.4 is 5.73 Å². The van der Waals surface area contributed by atoms with Crippen LogP contribution in [-0.2, 0) is 11.2 Å². The van der Waals surface area contributed by atoms with E-state index in [1.165, 1.54) is 6.20 Å². The van der Waals surface area contributed by atoms with Crippen LogP contribution in [0.3, 0.4) is 0 Å². The largest absolute Gasteiger partial charge is 0.382 e. The molecular formula is C11H13N5O2. The monoisotopic (exact) mass is 247 g/mol. The van der Waals surface area contributed by atoms with Crippen molar-refractivity contribution in [3.8, 4) is 11.6 Å². The van der Waals surface area contributed by atoms with Gasteiger partial charge in [0.05, 0.1) is 0 Å². The average molecular weight is 247 g/mol. The van der Waals surface area contributed by atoms with Crippen molar-refractivity contribution in [2.24, 2.45) is 5.92 Å². The third-order valence-corrected chi connectivity index (χ3v) is 2.89. The van der Waals surface area contributed by atoms with Crippen molar-refractivity contribution in [3.05, 3.63) is 18.2 Å². The second-order valence-electron chi connectivity index (χ2n) is 4.24. The second-order valence-corrected chi connectivity index (χ2v) is 4.24. The molecule has 1 aliphatic rings. The smallest absolute Gasteiger partial charge is 0.280 e. The molecule has 7 nitrogen and oxygen atoms in total. The molecular weight excluding hydrogens is 234 g/mol. The van der Waals surface area contributed by atoms with Gasteiger partial charge in [-0.25, -0.2) is 9.97 Å². The van der Waals surface area contributed by atoms with E-state index in [4.69, 9.17) is 15.0 Å². The molecule has 1 saturated heterocycles. The lowest BCUT2D eigenvalue weighted by Crippen LogP contribution is -2.05. The molecule has 0 saturated carbocycles. The van der Waals surface area contributed by atoms with Gasteiger partial charge in [-0.2, -0.15) is 4.98 Å². The quantitative estimate of drug-likeness (QED) is 0.851. The maximum atomic E-state index is 5.70. The molecule has 1 atom stereocenters. The van der Waals surface area contributed by atoms with Gasteiger partial charge in [-0.05, 0) is 12.3 Å². The fourth-order valence-corrected chi connectivity index (χ4v) is 1.95. The zero-order valence-corrected chi connectivity index (χ0v) is 9.74. The number of nitrogens with zero attached hydrogens (tertiary/aromatic N) is 4. The number of nitrogens with two attached hydrogens (primary N) is 1. The fraction of sp³-hybridized carbons (Fsp3) is 0.455. The van der Waals surface area contributed by atoms with Crippen LogP contribution in [0.2, 0.25) is 0 Å². The zero-order chi connectivity index (χ0) is 12.4. The van der Waals surface area contributed by atoms with E-state index in [1.54, 1.807) is 6.20 Å². The van der Waals surface area contributed by atoms with Crippen LogP contribution in [0.5, 0.6) is 0 Å². The van der Waals surface area contributed by atoms with Gasteiger partial charge in [0.2, 0.25) is 0 Å². The zero-order valence-electron chi connectivity index (χ0n) is 9.74. The number of nitrogen functional groups attached to an aromatic ring is 1. The minimum atomic E-state index is 0.289. The molecule has 18 heavy (non-hydrogen) atoms. The topological polar surface area (TPSA) is 100.0 Å². The second kappa shape index (κ2) is 4.69. The van der Waals surface area contributed by atoms with E-state index in [0.29, 0.717) is 23.3 Å². The van der Waals surface area contributed by atoms with Crippen molar-refractivity contribution in [1.82, 2.24) is 20.1 Å². The van der Waals surface area contributed by atoms with E-state index in [-0.39, 0.29) is 5.82 Å². The van der Waals surface area contributed by atoms with E-state index in [0.717, 1.165) is 26.1 Å². The molecule has 0 aromatic carbocycles. The summed E-state index contributed by atoms with van der Waals surface area (Å²) in [4.78, 5) is 12.3. The molecule has 2 aromatic rings. The highest BCUT2D eigenvalue weighted by atomic mass is 16.5. The molecule has 1 aliphatic heterocycles. The minimum Gasteiger partial charge on any atom is -0.382 e. The summed E-state index contributed by atoms with van der Waals surface area (Å²) in [6.45, 7) is 1.57. The van der Waals surface area contributed by atoms with Gasteiger partial charge in [-0.1, -0.05) is 5.16 Å². The van der Waals surface area contributed by atoms with Crippen LogP contribution in [0.15, 0.2) is 16.9 Å². The molecule has 1 unspecified atom stereocenters. The number of aromatic nitrogens is 4. The van der Waals surface area contributed by atoms with Crippen LogP contribution in [0.4, 0.5) is 5.82 Å². The number of rotatable bonds is 3. The predicted octanol–water partition coefficient (Wildman–Crippen LogP) is 0.688. The lowest BCUT2D eigenvalue weighted by atomic mass is 10.1. The Kier molecular flexibility index (Phi) is 2.89. The van der Waals surface area contributed by atoms with E-state index < -0.39 is 0 Å². The Labute approximate surface area is 103 Å².